The molecule has 2 aromatic carbocycles. The second-order valence-electron chi connectivity index (χ2n) is 4.29. The van der Waals surface area contributed by atoms with Crippen molar-refractivity contribution < 1.29 is 4.74 Å². The second-order valence-corrected chi connectivity index (χ2v) is 5.20. The van der Waals surface area contributed by atoms with Crippen LogP contribution in [0.4, 0.5) is 0 Å². The third kappa shape index (κ3) is 3.59. The van der Waals surface area contributed by atoms with Gasteiger partial charge >= 0.3 is 0 Å². The first-order valence-corrected chi connectivity index (χ1v) is 6.65. The number of ether oxygens (including phenoxy) is 1. The monoisotopic (exact) mass is 305 g/mol. The minimum absolute atomic E-state index is 0.107. The van der Waals surface area contributed by atoms with Crippen LogP contribution in [0, 0.1) is 6.92 Å². The van der Waals surface area contributed by atoms with Gasteiger partial charge < -0.3 is 10.5 Å². The number of nitrogens with two attached hydrogens (primary N) is 1. The fourth-order valence-electron chi connectivity index (χ4n) is 1.65. The van der Waals surface area contributed by atoms with Gasteiger partial charge in [-0.1, -0.05) is 51.8 Å². The summed E-state index contributed by atoms with van der Waals surface area (Å²) in [5.41, 5.74) is 8.42. The Morgan fingerprint density at radius 3 is 2.56 bits per heavy atom. The molecule has 0 aromatic heterocycles. The van der Waals surface area contributed by atoms with Crippen molar-refractivity contribution in [3.63, 3.8) is 0 Å². The van der Waals surface area contributed by atoms with Gasteiger partial charge in [-0.3, -0.25) is 0 Å². The topological polar surface area (TPSA) is 35.2 Å². The van der Waals surface area contributed by atoms with Gasteiger partial charge in [0, 0.05) is 4.47 Å². The molecule has 0 saturated carbocycles. The Labute approximate surface area is 116 Å². The van der Waals surface area contributed by atoms with E-state index in [1.165, 1.54) is 5.56 Å². The van der Waals surface area contributed by atoms with E-state index in [1.807, 2.05) is 36.4 Å². The van der Waals surface area contributed by atoms with Crippen molar-refractivity contribution in [2.75, 3.05) is 6.61 Å². The van der Waals surface area contributed by atoms with E-state index >= 15 is 0 Å². The Morgan fingerprint density at radius 2 is 1.89 bits per heavy atom. The molecule has 1 unspecified atom stereocenters. The smallest absolute Gasteiger partial charge is 0.120 e. The normalized spacial score (nSPS) is 12.2. The van der Waals surface area contributed by atoms with Gasteiger partial charge in [0.05, 0.1) is 6.04 Å². The van der Waals surface area contributed by atoms with E-state index in [0.29, 0.717) is 6.61 Å². The van der Waals surface area contributed by atoms with Crippen molar-refractivity contribution in [3.05, 3.63) is 64.1 Å². The summed E-state index contributed by atoms with van der Waals surface area (Å²) in [5, 5.41) is 0. The molecule has 0 fully saturated rings. The van der Waals surface area contributed by atoms with Gasteiger partial charge in [-0.15, -0.1) is 0 Å². The van der Waals surface area contributed by atoms with Crippen molar-refractivity contribution in [2.45, 2.75) is 13.0 Å². The largest absolute Gasteiger partial charge is 0.492 e. The van der Waals surface area contributed by atoms with Gasteiger partial charge in [-0.2, -0.15) is 0 Å². The molecule has 18 heavy (non-hydrogen) atoms. The van der Waals surface area contributed by atoms with Gasteiger partial charge in [0.1, 0.15) is 12.4 Å². The van der Waals surface area contributed by atoms with E-state index in [4.69, 9.17) is 10.5 Å². The van der Waals surface area contributed by atoms with E-state index in [2.05, 4.69) is 35.0 Å². The predicted octanol–water partition coefficient (Wildman–Crippen LogP) is 3.84. The van der Waals surface area contributed by atoms with E-state index < -0.39 is 0 Å². The molecule has 0 heterocycles. The highest BCUT2D eigenvalue weighted by Crippen LogP contribution is 2.19. The van der Waals surface area contributed by atoms with Crippen LogP contribution in [0.2, 0.25) is 0 Å². The van der Waals surface area contributed by atoms with E-state index in [-0.39, 0.29) is 6.04 Å². The SMILES string of the molecule is Cc1ccc(C(N)COc2cccc(Br)c2)cc1. The average Bonchev–Trinajstić information content (AvgIpc) is 2.37. The highest BCUT2D eigenvalue weighted by Gasteiger charge is 2.06. The number of rotatable bonds is 4. The maximum Gasteiger partial charge on any atom is 0.120 e. The van der Waals surface area contributed by atoms with Crippen LogP contribution < -0.4 is 10.5 Å². The molecule has 3 heteroatoms. The maximum absolute atomic E-state index is 6.09. The van der Waals surface area contributed by atoms with Crippen molar-refractivity contribution in [1.82, 2.24) is 0 Å². The zero-order valence-corrected chi connectivity index (χ0v) is 11.9. The zero-order chi connectivity index (χ0) is 13.0. The molecule has 0 aliphatic heterocycles. The first-order valence-electron chi connectivity index (χ1n) is 5.85. The Balaban J connectivity index is 1.96. The summed E-state index contributed by atoms with van der Waals surface area (Å²) in [4.78, 5) is 0. The van der Waals surface area contributed by atoms with Gasteiger partial charge in [-0.05, 0) is 30.7 Å². The lowest BCUT2D eigenvalue weighted by Gasteiger charge is -2.14. The third-order valence-electron chi connectivity index (χ3n) is 2.73. The van der Waals surface area contributed by atoms with Crippen LogP contribution in [0.5, 0.6) is 5.75 Å². The van der Waals surface area contributed by atoms with Gasteiger partial charge in [0.2, 0.25) is 0 Å². The fourth-order valence-corrected chi connectivity index (χ4v) is 2.03. The van der Waals surface area contributed by atoms with Crippen LogP contribution in [0.25, 0.3) is 0 Å². The predicted molar refractivity (Wildman–Crippen MR) is 77.7 cm³/mol. The van der Waals surface area contributed by atoms with Crippen LogP contribution in [-0.2, 0) is 0 Å². The van der Waals surface area contributed by atoms with E-state index in [9.17, 15) is 0 Å². The Kier molecular flexibility index (Phi) is 4.39. The maximum atomic E-state index is 6.09. The van der Waals surface area contributed by atoms with Gasteiger partial charge in [0.15, 0.2) is 0 Å². The van der Waals surface area contributed by atoms with Crippen LogP contribution in [0.1, 0.15) is 17.2 Å². The molecule has 0 radical (unpaired) electrons. The first kappa shape index (κ1) is 13.1. The molecule has 0 saturated heterocycles. The van der Waals surface area contributed by atoms with E-state index in [1.54, 1.807) is 0 Å². The third-order valence-corrected chi connectivity index (χ3v) is 3.22. The number of aryl methyl sites for hydroxylation is 1. The highest BCUT2D eigenvalue weighted by molar-refractivity contribution is 9.10. The molecular formula is C15H16BrNO. The fraction of sp³-hybridized carbons (Fsp3) is 0.200. The summed E-state index contributed by atoms with van der Waals surface area (Å²) >= 11 is 3.41. The summed E-state index contributed by atoms with van der Waals surface area (Å²) in [5.74, 6) is 0.826. The molecule has 2 rings (SSSR count). The number of hydrogen-bond acceptors (Lipinski definition) is 2. The number of benzene rings is 2. The highest BCUT2D eigenvalue weighted by atomic mass is 79.9. The second kappa shape index (κ2) is 6.03. The lowest BCUT2D eigenvalue weighted by molar-refractivity contribution is 0.290. The van der Waals surface area contributed by atoms with Crippen LogP contribution in [0.3, 0.4) is 0 Å². The number of halogens is 1. The summed E-state index contributed by atoms with van der Waals surface area (Å²) < 4.78 is 6.68. The number of hydrogen-bond donors (Lipinski definition) is 1. The summed E-state index contributed by atoms with van der Waals surface area (Å²) in [7, 11) is 0. The van der Waals surface area contributed by atoms with Gasteiger partial charge in [0.25, 0.3) is 0 Å². The average molecular weight is 306 g/mol. The quantitative estimate of drug-likeness (QED) is 0.931. The van der Waals surface area contributed by atoms with Crippen LogP contribution in [-0.4, -0.2) is 6.61 Å². The Hall–Kier alpha value is -1.32. The van der Waals surface area contributed by atoms with Crippen LogP contribution >= 0.6 is 15.9 Å². The Bertz CT molecular complexity index is 510. The lowest BCUT2D eigenvalue weighted by Crippen LogP contribution is -2.18. The molecule has 1 atom stereocenters. The first-order chi connectivity index (χ1) is 8.65. The van der Waals surface area contributed by atoms with Crippen LogP contribution in [0.15, 0.2) is 53.0 Å². The molecule has 0 aliphatic carbocycles. The molecule has 0 aliphatic rings. The standard InChI is InChI=1S/C15H16BrNO/c1-11-5-7-12(8-6-11)15(17)10-18-14-4-2-3-13(16)9-14/h2-9,15H,10,17H2,1H3. The van der Waals surface area contributed by atoms with Crippen molar-refractivity contribution in [3.8, 4) is 5.75 Å². The molecule has 2 nitrogen and oxygen atoms in total. The molecule has 0 amide bonds. The summed E-state index contributed by atoms with van der Waals surface area (Å²) in [6.07, 6.45) is 0. The molecular weight excluding hydrogens is 290 g/mol. The molecule has 94 valence electrons. The van der Waals surface area contributed by atoms with Crippen molar-refractivity contribution >= 4 is 15.9 Å². The summed E-state index contributed by atoms with van der Waals surface area (Å²) in [6, 6.07) is 15.9. The van der Waals surface area contributed by atoms with Crippen molar-refractivity contribution in [1.29, 1.82) is 0 Å². The zero-order valence-electron chi connectivity index (χ0n) is 10.3. The minimum atomic E-state index is -0.107. The van der Waals surface area contributed by atoms with E-state index in [0.717, 1.165) is 15.8 Å². The molecule has 2 N–H and O–H groups in total. The lowest BCUT2D eigenvalue weighted by atomic mass is 10.1. The Morgan fingerprint density at radius 1 is 1.17 bits per heavy atom. The molecule has 0 bridgehead atoms. The van der Waals surface area contributed by atoms with Crippen molar-refractivity contribution in [2.24, 2.45) is 5.73 Å². The molecule has 2 aromatic rings. The molecule has 0 spiro atoms. The van der Waals surface area contributed by atoms with Gasteiger partial charge in [-0.25, -0.2) is 0 Å². The summed E-state index contributed by atoms with van der Waals surface area (Å²) in [6.45, 7) is 2.53. The minimum Gasteiger partial charge on any atom is -0.492 e.